The van der Waals surface area contributed by atoms with Crippen LogP contribution in [0.5, 0.6) is 12.0 Å². The van der Waals surface area contributed by atoms with Crippen LogP contribution in [0.2, 0.25) is 0 Å². The molecule has 1 aromatic rings. The monoisotopic (exact) mass is 284 g/mol. The standard InChI is InChI=1S/C9H12F4N4O2/c1-4(2)19-8-16-6(14)15-7(17-8)18-3-9(12,13)5(10)11/h4-5H,3H2,1-2H3,(H2,14,15,16,17). The number of aromatic nitrogens is 3. The first kappa shape index (κ1) is 15.2. The molecule has 0 spiro atoms. The summed E-state index contributed by atoms with van der Waals surface area (Å²) in [6, 6.07) is -0.846. The van der Waals surface area contributed by atoms with Crippen LogP contribution in [0, 0.1) is 0 Å². The fraction of sp³-hybridized carbons (Fsp3) is 0.667. The fourth-order valence-corrected chi connectivity index (χ4v) is 0.905. The quantitative estimate of drug-likeness (QED) is 0.797. The number of halogens is 4. The third-order valence-electron chi connectivity index (χ3n) is 1.67. The highest BCUT2D eigenvalue weighted by molar-refractivity contribution is 5.20. The van der Waals surface area contributed by atoms with Crippen LogP contribution in [0.4, 0.5) is 23.5 Å². The predicted octanol–water partition coefficient (Wildman–Crippen LogP) is 1.52. The maximum atomic E-state index is 12.6. The third-order valence-corrected chi connectivity index (χ3v) is 1.67. The first-order valence-corrected chi connectivity index (χ1v) is 5.17. The fourth-order valence-electron chi connectivity index (χ4n) is 0.905. The Morgan fingerprint density at radius 3 is 2.26 bits per heavy atom. The van der Waals surface area contributed by atoms with Crippen molar-refractivity contribution in [3.63, 3.8) is 0 Å². The Hall–Kier alpha value is -1.87. The topological polar surface area (TPSA) is 83.2 Å². The van der Waals surface area contributed by atoms with Crippen LogP contribution < -0.4 is 15.2 Å². The molecule has 6 nitrogen and oxygen atoms in total. The lowest BCUT2D eigenvalue weighted by Crippen LogP contribution is -2.34. The number of nitrogens with two attached hydrogens (primary N) is 1. The highest BCUT2D eigenvalue weighted by Crippen LogP contribution is 2.23. The molecular formula is C9H12F4N4O2. The van der Waals surface area contributed by atoms with E-state index in [1.165, 1.54) is 0 Å². The molecule has 108 valence electrons. The molecule has 0 radical (unpaired) electrons. The SMILES string of the molecule is CC(C)Oc1nc(N)nc(OCC(F)(F)C(F)F)n1. The van der Waals surface area contributed by atoms with E-state index >= 15 is 0 Å². The zero-order chi connectivity index (χ0) is 14.6. The number of rotatable bonds is 6. The summed E-state index contributed by atoms with van der Waals surface area (Å²) < 4.78 is 58.5. The van der Waals surface area contributed by atoms with Crippen molar-refractivity contribution in [3.8, 4) is 12.0 Å². The molecule has 0 aliphatic rings. The van der Waals surface area contributed by atoms with Gasteiger partial charge in [0, 0.05) is 0 Å². The zero-order valence-electron chi connectivity index (χ0n) is 10.1. The number of alkyl halides is 4. The second-order valence-electron chi connectivity index (χ2n) is 3.78. The molecule has 0 aliphatic carbocycles. The molecule has 0 aromatic carbocycles. The minimum atomic E-state index is -4.31. The highest BCUT2D eigenvalue weighted by atomic mass is 19.3. The largest absolute Gasteiger partial charge is 0.461 e. The van der Waals surface area contributed by atoms with Gasteiger partial charge in [0.2, 0.25) is 5.95 Å². The Labute approximate surface area is 106 Å². The first-order chi connectivity index (χ1) is 8.70. The average Bonchev–Trinajstić information content (AvgIpc) is 2.24. The average molecular weight is 284 g/mol. The van der Waals surface area contributed by atoms with Crippen LogP contribution >= 0.6 is 0 Å². The summed E-state index contributed by atoms with van der Waals surface area (Å²) in [5.41, 5.74) is 5.28. The second kappa shape index (κ2) is 5.85. The van der Waals surface area contributed by atoms with Crippen molar-refractivity contribution < 1.29 is 27.0 Å². The van der Waals surface area contributed by atoms with E-state index in [1.54, 1.807) is 13.8 Å². The van der Waals surface area contributed by atoms with Crippen LogP contribution in [0.1, 0.15) is 13.8 Å². The van der Waals surface area contributed by atoms with E-state index in [0.29, 0.717) is 0 Å². The second-order valence-corrected chi connectivity index (χ2v) is 3.78. The predicted molar refractivity (Wildman–Crippen MR) is 56.4 cm³/mol. The zero-order valence-corrected chi connectivity index (χ0v) is 10.1. The Kier molecular flexibility index (Phi) is 4.67. The van der Waals surface area contributed by atoms with E-state index in [9.17, 15) is 17.6 Å². The molecule has 0 saturated carbocycles. The summed E-state index contributed by atoms with van der Waals surface area (Å²) in [5.74, 6) is -4.64. The molecule has 2 N–H and O–H groups in total. The lowest BCUT2D eigenvalue weighted by atomic mass is 10.4. The summed E-state index contributed by atoms with van der Waals surface area (Å²) in [6.07, 6.45) is -4.14. The Bertz CT molecular complexity index is 431. The molecule has 10 heteroatoms. The molecule has 0 saturated heterocycles. The Morgan fingerprint density at radius 2 is 1.74 bits per heavy atom. The number of hydrogen-bond acceptors (Lipinski definition) is 6. The van der Waals surface area contributed by atoms with Gasteiger partial charge in [0.1, 0.15) is 0 Å². The van der Waals surface area contributed by atoms with Gasteiger partial charge in [-0.3, -0.25) is 0 Å². The highest BCUT2D eigenvalue weighted by Gasteiger charge is 2.42. The van der Waals surface area contributed by atoms with Crippen molar-refractivity contribution in [2.24, 2.45) is 0 Å². The van der Waals surface area contributed by atoms with Crippen molar-refractivity contribution in [1.29, 1.82) is 0 Å². The van der Waals surface area contributed by atoms with E-state index in [0.717, 1.165) is 0 Å². The van der Waals surface area contributed by atoms with Gasteiger partial charge in [-0.25, -0.2) is 8.78 Å². The van der Waals surface area contributed by atoms with Gasteiger partial charge in [0.05, 0.1) is 6.10 Å². The molecule has 1 rings (SSSR count). The van der Waals surface area contributed by atoms with Gasteiger partial charge in [0.15, 0.2) is 6.61 Å². The molecule has 0 amide bonds. The van der Waals surface area contributed by atoms with Gasteiger partial charge in [-0.2, -0.15) is 18.7 Å². The third kappa shape index (κ3) is 4.72. The Morgan fingerprint density at radius 1 is 1.16 bits per heavy atom. The van der Waals surface area contributed by atoms with Gasteiger partial charge in [-0.15, -0.1) is 4.98 Å². The van der Waals surface area contributed by atoms with Crippen molar-refractivity contribution in [3.05, 3.63) is 0 Å². The molecule has 0 aliphatic heterocycles. The summed E-state index contributed by atoms with van der Waals surface area (Å²) in [5, 5.41) is 0. The summed E-state index contributed by atoms with van der Waals surface area (Å²) in [7, 11) is 0. The van der Waals surface area contributed by atoms with Crippen molar-refractivity contribution >= 4 is 5.95 Å². The maximum Gasteiger partial charge on any atom is 0.340 e. The molecule has 0 atom stereocenters. The molecular weight excluding hydrogens is 272 g/mol. The molecule has 1 aromatic heterocycles. The van der Waals surface area contributed by atoms with Gasteiger partial charge in [-0.05, 0) is 13.8 Å². The van der Waals surface area contributed by atoms with E-state index in [2.05, 4.69) is 19.7 Å². The lowest BCUT2D eigenvalue weighted by Gasteiger charge is -2.15. The van der Waals surface area contributed by atoms with Gasteiger partial charge >= 0.3 is 24.4 Å². The Balaban J connectivity index is 2.76. The number of hydrogen-bond donors (Lipinski definition) is 1. The van der Waals surface area contributed by atoms with Gasteiger partial charge in [-0.1, -0.05) is 0 Å². The molecule has 0 unspecified atom stereocenters. The van der Waals surface area contributed by atoms with E-state index in [1.807, 2.05) is 0 Å². The van der Waals surface area contributed by atoms with E-state index < -0.39 is 25.0 Å². The normalized spacial score (nSPS) is 12.0. The number of nitrogens with zero attached hydrogens (tertiary/aromatic N) is 3. The van der Waals surface area contributed by atoms with Crippen molar-refractivity contribution in [2.45, 2.75) is 32.3 Å². The molecule has 19 heavy (non-hydrogen) atoms. The van der Waals surface area contributed by atoms with Gasteiger partial charge in [0.25, 0.3) is 0 Å². The molecule has 0 fully saturated rings. The maximum absolute atomic E-state index is 12.6. The van der Waals surface area contributed by atoms with Crippen LogP contribution in [0.15, 0.2) is 0 Å². The summed E-state index contributed by atoms with van der Waals surface area (Å²) in [4.78, 5) is 10.5. The smallest absolute Gasteiger partial charge is 0.340 e. The number of nitrogen functional groups attached to an aromatic ring is 1. The lowest BCUT2D eigenvalue weighted by molar-refractivity contribution is -0.149. The summed E-state index contributed by atoms with van der Waals surface area (Å²) in [6.45, 7) is 1.77. The first-order valence-electron chi connectivity index (χ1n) is 5.17. The minimum Gasteiger partial charge on any atom is -0.461 e. The van der Waals surface area contributed by atoms with Crippen LogP contribution in [-0.2, 0) is 0 Å². The van der Waals surface area contributed by atoms with Crippen LogP contribution in [-0.4, -0.2) is 40.0 Å². The molecule has 1 heterocycles. The summed E-state index contributed by atoms with van der Waals surface area (Å²) >= 11 is 0. The van der Waals surface area contributed by atoms with E-state index in [-0.39, 0.29) is 18.1 Å². The minimum absolute atomic E-state index is 0.238. The van der Waals surface area contributed by atoms with Crippen molar-refractivity contribution in [2.75, 3.05) is 12.3 Å². The molecule has 0 bridgehead atoms. The van der Waals surface area contributed by atoms with Crippen LogP contribution in [0.3, 0.4) is 0 Å². The number of anilines is 1. The number of ether oxygens (including phenoxy) is 2. The van der Waals surface area contributed by atoms with Gasteiger partial charge < -0.3 is 15.2 Å². The van der Waals surface area contributed by atoms with Crippen molar-refractivity contribution in [1.82, 2.24) is 15.0 Å². The van der Waals surface area contributed by atoms with E-state index in [4.69, 9.17) is 10.5 Å². The van der Waals surface area contributed by atoms with Crippen LogP contribution in [0.25, 0.3) is 0 Å².